The fourth-order valence-corrected chi connectivity index (χ4v) is 4.91. The van der Waals surface area contributed by atoms with Crippen LogP contribution in [0, 0.1) is 17.8 Å². The molecule has 7 N–H and O–H groups in total. The van der Waals surface area contributed by atoms with Crippen LogP contribution in [0.25, 0.3) is 0 Å². The van der Waals surface area contributed by atoms with E-state index in [9.17, 15) is 40.5 Å². The summed E-state index contributed by atoms with van der Waals surface area (Å²) in [6.07, 6.45) is 12.8. The molecular formula is C34H54O9. The van der Waals surface area contributed by atoms with Gasteiger partial charge < -0.3 is 40.5 Å². The van der Waals surface area contributed by atoms with Gasteiger partial charge in [0.15, 0.2) is 0 Å². The van der Waals surface area contributed by atoms with Crippen LogP contribution in [-0.4, -0.2) is 90.5 Å². The quantitative estimate of drug-likeness (QED) is 0.175. The highest BCUT2D eigenvalue weighted by Gasteiger charge is 2.25. The molecule has 0 saturated heterocycles. The molecule has 0 bridgehead atoms. The molecule has 0 aromatic carbocycles. The number of esters is 1. The van der Waals surface area contributed by atoms with Crippen LogP contribution in [0.15, 0.2) is 72.9 Å². The van der Waals surface area contributed by atoms with Gasteiger partial charge in [-0.05, 0) is 38.0 Å². The molecule has 0 amide bonds. The monoisotopic (exact) mass is 606 g/mol. The molecular weight excluding hydrogens is 552 g/mol. The average molecular weight is 607 g/mol. The van der Waals surface area contributed by atoms with Gasteiger partial charge >= 0.3 is 5.97 Å². The Hall–Kier alpha value is -2.37. The first-order chi connectivity index (χ1) is 20.3. The molecule has 0 aromatic rings. The predicted molar refractivity (Wildman–Crippen MR) is 168 cm³/mol. The summed E-state index contributed by atoms with van der Waals surface area (Å²) in [4.78, 5) is 12.4. The van der Waals surface area contributed by atoms with Crippen molar-refractivity contribution in [2.24, 2.45) is 17.8 Å². The number of rotatable bonds is 1. The molecule has 0 spiro atoms. The molecule has 1 aliphatic rings. The van der Waals surface area contributed by atoms with Gasteiger partial charge in [-0.15, -0.1) is 0 Å². The van der Waals surface area contributed by atoms with Crippen LogP contribution < -0.4 is 0 Å². The van der Waals surface area contributed by atoms with Crippen LogP contribution in [0.4, 0.5) is 0 Å². The number of carbonyl (C=O) groups is 1. The zero-order chi connectivity index (χ0) is 32.4. The van der Waals surface area contributed by atoms with Crippen molar-refractivity contribution in [3.63, 3.8) is 0 Å². The summed E-state index contributed by atoms with van der Waals surface area (Å²) in [6, 6.07) is 0. The Morgan fingerprint density at radius 1 is 0.581 bits per heavy atom. The lowest BCUT2D eigenvalue weighted by Crippen LogP contribution is -2.30. The molecule has 0 aromatic heterocycles. The van der Waals surface area contributed by atoms with Gasteiger partial charge in [-0.2, -0.15) is 0 Å². The van der Waals surface area contributed by atoms with Crippen molar-refractivity contribution in [2.45, 2.75) is 115 Å². The van der Waals surface area contributed by atoms with E-state index in [0.29, 0.717) is 0 Å². The lowest BCUT2D eigenvalue weighted by Gasteiger charge is -2.25. The summed E-state index contributed by atoms with van der Waals surface area (Å²) in [6.45, 7) is 7.56. The Morgan fingerprint density at radius 2 is 1.02 bits per heavy atom. The van der Waals surface area contributed by atoms with Crippen molar-refractivity contribution in [1.29, 1.82) is 0 Å². The summed E-state index contributed by atoms with van der Waals surface area (Å²) in [5.74, 6) is -0.922. The summed E-state index contributed by atoms with van der Waals surface area (Å²) in [5.41, 5.74) is 0. The van der Waals surface area contributed by atoms with Gasteiger partial charge in [0.25, 0.3) is 0 Å². The first kappa shape index (κ1) is 38.7. The topological polar surface area (TPSA) is 168 Å². The Morgan fingerprint density at radius 3 is 1.53 bits per heavy atom. The second-order valence-electron chi connectivity index (χ2n) is 12.0. The minimum atomic E-state index is -1.07. The fraction of sp³-hybridized carbons (Fsp3) is 0.618. The maximum atomic E-state index is 12.4. The largest absolute Gasteiger partial charge is 0.458 e. The molecule has 0 saturated carbocycles. The second kappa shape index (κ2) is 21.4. The number of carbonyl (C=O) groups excluding carboxylic acids is 1. The average Bonchev–Trinajstić information content (AvgIpc) is 2.89. The Bertz CT molecular complexity index is 952. The molecule has 10 atom stereocenters. The highest BCUT2D eigenvalue weighted by molar-refractivity contribution is 5.82. The van der Waals surface area contributed by atoms with E-state index < -0.39 is 54.8 Å². The first-order valence-electron chi connectivity index (χ1n) is 15.3. The maximum absolute atomic E-state index is 12.4. The number of aliphatic hydroxyl groups excluding tert-OH is 7. The highest BCUT2D eigenvalue weighted by atomic mass is 16.5. The van der Waals surface area contributed by atoms with E-state index in [-0.39, 0.29) is 56.3 Å². The molecule has 244 valence electrons. The van der Waals surface area contributed by atoms with Crippen molar-refractivity contribution in [3.05, 3.63) is 72.9 Å². The number of hydrogen-bond acceptors (Lipinski definition) is 9. The number of hydrogen-bond donors (Lipinski definition) is 7. The second-order valence-corrected chi connectivity index (χ2v) is 12.0. The third-order valence-electron chi connectivity index (χ3n) is 7.30. The molecule has 1 rings (SSSR count). The van der Waals surface area contributed by atoms with E-state index in [1.54, 1.807) is 48.6 Å². The predicted octanol–water partition coefficient (Wildman–Crippen LogP) is 3.04. The molecule has 9 nitrogen and oxygen atoms in total. The molecule has 9 heteroatoms. The van der Waals surface area contributed by atoms with Crippen molar-refractivity contribution < 1.29 is 45.3 Å². The summed E-state index contributed by atoms with van der Waals surface area (Å²) in [7, 11) is 0. The Labute approximate surface area is 256 Å². The molecule has 1 unspecified atom stereocenters. The molecule has 1 aliphatic heterocycles. The van der Waals surface area contributed by atoms with Crippen LogP contribution in [-0.2, 0) is 9.53 Å². The van der Waals surface area contributed by atoms with E-state index >= 15 is 0 Å². The van der Waals surface area contributed by atoms with Crippen molar-refractivity contribution >= 4 is 5.97 Å². The number of ether oxygens (including phenoxy) is 1. The van der Waals surface area contributed by atoms with Crippen LogP contribution in [0.2, 0.25) is 0 Å². The molecule has 0 radical (unpaired) electrons. The van der Waals surface area contributed by atoms with Gasteiger partial charge in [0, 0.05) is 24.3 Å². The van der Waals surface area contributed by atoms with Crippen LogP contribution in [0.3, 0.4) is 0 Å². The highest BCUT2D eigenvalue weighted by Crippen LogP contribution is 2.21. The van der Waals surface area contributed by atoms with Crippen LogP contribution >= 0.6 is 0 Å². The Kier molecular flexibility index (Phi) is 19.2. The zero-order valence-corrected chi connectivity index (χ0v) is 26.0. The van der Waals surface area contributed by atoms with Gasteiger partial charge in [-0.25, -0.2) is 4.79 Å². The fourth-order valence-electron chi connectivity index (χ4n) is 4.91. The molecule has 0 aliphatic carbocycles. The van der Waals surface area contributed by atoms with E-state index in [0.717, 1.165) is 0 Å². The third kappa shape index (κ3) is 18.1. The molecule has 0 fully saturated rings. The van der Waals surface area contributed by atoms with Crippen molar-refractivity contribution in [1.82, 2.24) is 0 Å². The van der Waals surface area contributed by atoms with E-state index in [4.69, 9.17) is 4.74 Å². The maximum Gasteiger partial charge on any atom is 0.331 e. The van der Waals surface area contributed by atoms with E-state index in [2.05, 4.69) is 0 Å². The van der Waals surface area contributed by atoms with Crippen molar-refractivity contribution in [3.8, 4) is 0 Å². The summed E-state index contributed by atoms with van der Waals surface area (Å²) in [5, 5.41) is 72.4. The Balaban J connectivity index is 2.98. The minimum absolute atomic E-state index is 0.0164. The third-order valence-corrected chi connectivity index (χ3v) is 7.30. The lowest BCUT2D eigenvalue weighted by atomic mass is 9.93. The van der Waals surface area contributed by atoms with E-state index in [1.165, 1.54) is 12.2 Å². The number of cyclic esters (lactones) is 1. The molecule has 43 heavy (non-hydrogen) atoms. The smallest absolute Gasteiger partial charge is 0.331 e. The van der Waals surface area contributed by atoms with Crippen molar-refractivity contribution in [2.75, 3.05) is 0 Å². The van der Waals surface area contributed by atoms with Gasteiger partial charge in [0.05, 0.1) is 42.7 Å². The SMILES string of the molecule is CC(C)[C@@H]1OC(=O)\C=C/C=C\C=C/C=C\C=C/[C@H](C)[C@H](O)C[C@H](O)C[C@H](O)CC(O)C[C@H](O)C[C@@H](O)C[C@@H](O)/C=C\[C@@H]1C. The summed E-state index contributed by atoms with van der Waals surface area (Å²) < 4.78 is 5.65. The van der Waals surface area contributed by atoms with Crippen LogP contribution in [0.1, 0.15) is 66.2 Å². The minimum Gasteiger partial charge on any atom is -0.458 e. The van der Waals surface area contributed by atoms with Gasteiger partial charge in [0.1, 0.15) is 6.10 Å². The zero-order valence-electron chi connectivity index (χ0n) is 26.0. The standard InChI is InChI=1S/C34H54O9/c1-23(2)34-25(4)15-16-26(35)17-27(36)18-28(37)19-29(38)20-30(39)21-31(40)22-32(41)24(3)13-11-9-7-5-6-8-10-12-14-33(42)43-34/h5-16,23-32,34-41H,17-22H2,1-4H3/b6-5-,9-7-,10-8-,13-11-,14-12-,16-15-/t24-,25-,26-,27-,28+,29?,30+,31+,32+,34-/m0/s1. The number of aliphatic hydroxyl groups is 7. The van der Waals surface area contributed by atoms with Gasteiger partial charge in [-0.1, -0.05) is 94.5 Å². The first-order valence-corrected chi connectivity index (χ1v) is 15.3. The van der Waals surface area contributed by atoms with Crippen LogP contribution in [0.5, 0.6) is 0 Å². The lowest BCUT2D eigenvalue weighted by molar-refractivity contribution is -0.147. The summed E-state index contributed by atoms with van der Waals surface area (Å²) >= 11 is 0. The molecule has 1 heterocycles. The van der Waals surface area contributed by atoms with Gasteiger partial charge in [-0.3, -0.25) is 0 Å². The normalized spacial score (nSPS) is 40.0. The number of allylic oxidation sites excluding steroid dienone is 8. The van der Waals surface area contributed by atoms with E-state index in [1.807, 2.05) is 39.8 Å². The van der Waals surface area contributed by atoms with Gasteiger partial charge in [0.2, 0.25) is 0 Å².